The first-order chi connectivity index (χ1) is 12.3. The van der Waals surface area contributed by atoms with Gasteiger partial charge >= 0.3 is 0 Å². The van der Waals surface area contributed by atoms with Crippen LogP contribution in [0.3, 0.4) is 0 Å². The summed E-state index contributed by atoms with van der Waals surface area (Å²) in [6.07, 6.45) is 8.61. The van der Waals surface area contributed by atoms with Gasteiger partial charge in [-0.05, 0) is 23.8 Å². The van der Waals surface area contributed by atoms with Gasteiger partial charge in [-0.2, -0.15) is 5.26 Å². The Hall–Kier alpha value is -3.72. The molecular weight excluding hydrogens is 314 g/mol. The van der Waals surface area contributed by atoms with E-state index in [2.05, 4.69) is 9.97 Å². The predicted octanol–water partition coefficient (Wildman–Crippen LogP) is 2.50. The van der Waals surface area contributed by atoms with Crippen LogP contribution in [0.25, 0.3) is 16.7 Å². The van der Waals surface area contributed by atoms with Crippen molar-refractivity contribution in [2.45, 2.75) is 6.54 Å². The monoisotopic (exact) mass is 327 g/mol. The average molecular weight is 327 g/mol. The molecule has 0 aliphatic rings. The first-order valence-electron chi connectivity index (χ1n) is 7.72. The average Bonchev–Trinajstić information content (AvgIpc) is 3.19. The van der Waals surface area contributed by atoms with Crippen LogP contribution in [0.4, 0.5) is 0 Å². The Bertz CT molecular complexity index is 1140. The zero-order chi connectivity index (χ0) is 17.2. The van der Waals surface area contributed by atoms with E-state index in [4.69, 9.17) is 0 Å². The van der Waals surface area contributed by atoms with Crippen molar-refractivity contribution in [3.8, 4) is 11.9 Å². The molecule has 0 bridgehead atoms. The van der Waals surface area contributed by atoms with Gasteiger partial charge in [0.15, 0.2) is 0 Å². The first kappa shape index (κ1) is 14.8. The molecule has 0 saturated heterocycles. The van der Waals surface area contributed by atoms with E-state index in [-0.39, 0.29) is 11.0 Å². The number of hydrogen-bond donors (Lipinski definition) is 0. The van der Waals surface area contributed by atoms with E-state index in [1.807, 2.05) is 45.7 Å². The lowest BCUT2D eigenvalue weighted by Crippen LogP contribution is -2.13. The highest BCUT2D eigenvalue weighted by Crippen LogP contribution is 2.14. The Kier molecular flexibility index (Phi) is 3.60. The normalized spacial score (nSPS) is 10.7. The summed E-state index contributed by atoms with van der Waals surface area (Å²) in [5.74, 6) is 0.781. The van der Waals surface area contributed by atoms with Gasteiger partial charge in [0, 0.05) is 36.7 Å². The van der Waals surface area contributed by atoms with E-state index in [1.54, 1.807) is 37.1 Å². The smallest absolute Gasteiger partial charge is 0.207 e. The summed E-state index contributed by atoms with van der Waals surface area (Å²) in [6, 6.07) is 13.2. The number of para-hydroxylation sites is 1. The first-order valence-corrected chi connectivity index (χ1v) is 7.72. The van der Waals surface area contributed by atoms with E-state index < -0.39 is 0 Å². The van der Waals surface area contributed by atoms with Crippen molar-refractivity contribution in [1.82, 2.24) is 19.1 Å². The van der Waals surface area contributed by atoms with Crippen LogP contribution in [0, 0.1) is 11.3 Å². The molecule has 0 fully saturated rings. The number of fused-ring (bicyclic) bond motifs is 1. The van der Waals surface area contributed by atoms with Crippen molar-refractivity contribution in [2.24, 2.45) is 0 Å². The predicted molar refractivity (Wildman–Crippen MR) is 93.4 cm³/mol. The fourth-order valence-electron chi connectivity index (χ4n) is 2.81. The van der Waals surface area contributed by atoms with Gasteiger partial charge in [0.2, 0.25) is 5.43 Å². The Morgan fingerprint density at radius 3 is 2.76 bits per heavy atom. The minimum atomic E-state index is -0.233. The zero-order valence-corrected chi connectivity index (χ0v) is 13.2. The van der Waals surface area contributed by atoms with Crippen LogP contribution in [-0.4, -0.2) is 19.1 Å². The van der Waals surface area contributed by atoms with Crippen molar-refractivity contribution in [3.05, 3.63) is 88.9 Å². The van der Waals surface area contributed by atoms with Crippen molar-refractivity contribution < 1.29 is 0 Å². The third-order valence-electron chi connectivity index (χ3n) is 4.04. The Morgan fingerprint density at radius 1 is 1.16 bits per heavy atom. The molecule has 4 aromatic rings. The lowest BCUT2D eigenvalue weighted by molar-refractivity contribution is 0.815. The third kappa shape index (κ3) is 2.68. The van der Waals surface area contributed by atoms with Crippen LogP contribution >= 0.6 is 0 Å². The van der Waals surface area contributed by atoms with Crippen molar-refractivity contribution >= 4 is 10.9 Å². The lowest BCUT2D eigenvalue weighted by Gasteiger charge is -2.12. The molecule has 0 radical (unpaired) electrons. The van der Waals surface area contributed by atoms with Gasteiger partial charge in [-0.3, -0.25) is 9.36 Å². The lowest BCUT2D eigenvalue weighted by atomic mass is 10.1. The molecule has 0 amide bonds. The topological polar surface area (TPSA) is 76.5 Å². The number of benzene rings is 1. The SMILES string of the molecule is N#Cc1cn(Cc2ccc(-n3ccnc3)nc2)c2ccccc2c1=O. The highest BCUT2D eigenvalue weighted by atomic mass is 16.1. The van der Waals surface area contributed by atoms with Crippen LogP contribution in [0.2, 0.25) is 0 Å². The second kappa shape index (κ2) is 6.06. The van der Waals surface area contributed by atoms with Crippen molar-refractivity contribution in [3.63, 3.8) is 0 Å². The highest BCUT2D eigenvalue weighted by Gasteiger charge is 2.09. The highest BCUT2D eigenvalue weighted by molar-refractivity contribution is 5.80. The molecule has 0 saturated carbocycles. The summed E-state index contributed by atoms with van der Waals surface area (Å²) < 4.78 is 3.73. The molecule has 120 valence electrons. The molecule has 0 unspecified atom stereocenters. The Morgan fingerprint density at radius 2 is 2.04 bits per heavy atom. The number of pyridine rings is 2. The van der Waals surface area contributed by atoms with Crippen LogP contribution in [0.1, 0.15) is 11.1 Å². The molecule has 3 aromatic heterocycles. The summed E-state index contributed by atoms with van der Waals surface area (Å²) >= 11 is 0. The van der Waals surface area contributed by atoms with Crippen LogP contribution in [0.5, 0.6) is 0 Å². The minimum absolute atomic E-state index is 0.140. The quantitative estimate of drug-likeness (QED) is 0.579. The summed E-state index contributed by atoms with van der Waals surface area (Å²) in [5, 5.41) is 9.77. The Labute approximate surface area is 143 Å². The molecular formula is C19H13N5O. The van der Waals surface area contributed by atoms with E-state index in [1.165, 1.54) is 0 Å². The molecule has 0 aliphatic heterocycles. The zero-order valence-electron chi connectivity index (χ0n) is 13.2. The molecule has 25 heavy (non-hydrogen) atoms. The number of imidazole rings is 1. The van der Waals surface area contributed by atoms with Gasteiger partial charge in [-0.15, -0.1) is 0 Å². The van der Waals surface area contributed by atoms with Crippen molar-refractivity contribution in [2.75, 3.05) is 0 Å². The van der Waals surface area contributed by atoms with E-state index in [9.17, 15) is 10.1 Å². The minimum Gasteiger partial charge on any atom is -0.341 e. The summed E-state index contributed by atoms with van der Waals surface area (Å²) in [5.41, 5.74) is 1.68. The van der Waals surface area contributed by atoms with E-state index in [0.717, 1.165) is 16.9 Å². The standard InChI is InChI=1S/C19H13N5O/c20-9-15-12-24(17-4-2-1-3-16(17)19(15)25)11-14-5-6-18(22-10-14)23-8-7-21-13-23/h1-8,10,12-13H,11H2. The number of nitriles is 1. The van der Waals surface area contributed by atoms with Gasteiger partial charge < -0.3 is 4.57 Å². The summed E-state index contributed by atoms with van der Waals surface area (Å²) in [4.78, 5) is 20.7. The molecule has 0 aliphatic carbocycles. The fourth-order valence-corrected chi connectivity index (χ4v) is 2.81. The molecule has 3 heterocycles. The molecule has 0 atom stereocenters. The van der Waals surface area contributed by atoms with Crippen LogP contribution in [-0.2, 0) is 6.54 Å². The summed E-state index contributed by atoms with van der Waals surface area (Å²) in [7, 11) is 0. The molecule has 6 heteroatoms. The maximum Gasteiger partial charge on any atom is 0.207 e. The van der Waals surface area contributed by atoms with Gasteiger partial charge in [0.1, 0.15) is 23.8 Å². The van der Waals surface area contributed by atoms with Gasteiger partial charge in [0.05, 0.1) is 5.52 Å². The number of hydrogen-bond acceptors (Lipinski definition) is 4. The van der Waals surface area contributed by atoms with Gasteiger partial charge in [-0.1, -0.05) is 18.2 Å². The molecule has 0 spiro atoms. The van der Waals surface area contributed by atoms with Crippen LogP contribution in [0.15, 0.2) is 72.3 Å². The van der Waals surface area contributed by atoms with Gasteiger partial charge in [0.25, 0.3) is 0 Å². The molecule has 1 aromatic carbocycles. The fraction of sp³-hybridized carbons (Fsp3) is 0.0526. The second-order valence-electron chi connectivity index (χ2n) is 5.62. The van der Waals surface area contributed by atoms with Gasteiger partial charge in [-0.25, -0.2) is 9.97 Å². The maximum atomic E-state index is 12.3. The van der Waals surface area contributed by atoms with E-state index in [0.29, 0.717) is 11.9 Å². The van der Waals surface area contributed by atoms with Crippen LogP contribution < -0.4 is 5.43 Å². The molecule has 0 N–H and O–H groups in total. The number of nitrogens with zero attached hydrogens (tertiary/aromatic N) is 5. The molecule has 6 nitrogen and oxygen atoms in total. The number of aromatic nitrogens is 4. The molecule has 4 rings (SSSR count). The Balaban J connectivity index is 1.75. The summed E-state index contributed by atoms with van der Waals surface area (Å²) in [6.45, 7) is 0.521. The third-order valence-corrected chi connectivity index (χ3v) is 4.04. The second-order valence-corrected chi connectivity index (χ2v) is 5.62. The number of rotatable bonds is 3. The maximum absolute atomic E-state index is 12.3. The largest absolute Gasteiger partial charge is 0.341 e. The van der Waals surface area contributed by atoms with Crippen molar-refractivity contribution in [1.29, 1.82) is 5.26 Å². The van der Waals surface area contributed by atoms with E-state index >= 15 is 0 Å².